The maximum atomic E-state index is 13.5. The van der Waals surface area contributed by atoms with Gasteiger partial charge < -0.3 is 19.4 Å². The number of benzene rings is 1. The Kier molecular flexibility index (Phi) is 6.21. The molecule has 1 aromatic carbocycles. The molecule has 1 atom stereocenters. The van der Waals surface area contributed by atoms with Crippen LogP contribution in [0.25, 0.3) is 0 Å². The normalized spacial score (nSPS) is 21.7. The molecular formula is C24H29N3O5. The lowest BCUT2D eigenvalue weighted by Crippen LogP contribution is -2.56. The molecule has 1 aromatic heterocycles. The van der Waals surface area contributed by atoms with Gasteiger partial charge in [-0.05, 0) is 49.4 Å². The Morgan fingerprint density at radius 1 is 1.19 bits per heavy atom. The number of hydrogen-bond acceptors (Lipinski definition) is 5. The van der Waals surface area contributed by atoms with Gasteiger partial charge in [0.05, 0.1) is 25.5 Å². The van der Waals surface area contributed by atoms with Gasteiger partial charge in [0.15, 0.2) is 0 Å². The largest absolute Gasteiger partial charge is 0.496 e. The van der Waals surface area contributed by atoms with Crippen molar-refractivity contribution in [3.8, 4) is 5.75 Å². The quantitative estimate of drug-likeness (QED) is 0.668. The van der Waals surface area contributed by atoms with Crippen LogP contribution in [0.5, 0.6) is 5.75 Å². The van der Waals surface area contributed by atoms with Crippen LogP contribution in [-0.4, -0.2) is 53.4 Å². The van der Waals surface area contributed by atoms with Crippen molar-refractivity contribution in [2.45, 2.75) is 44.7 Å². The number of furan rings is 1. The molecule has 170 valence electrons. The van der Waals surface area contributed by atoms with Crippen molar-refractivity contribution in [3.05, 3.63) is 54.0 Å². The summed E-state index contributed by atoms with van der Waals surface area (Å²) in [4.78, 5) is 42.3. The van der Waals surface area contributed by atoms with Crippen molar-refractivity contribution >= 4 is 17.8 Å². The minimum absolute atomic E-state index is 0.0396. The molecule has 1 N–H and O–H groups in total. The van der Waals surface area contributed by atoms with Gasteiger partial charge in [0.25, 0.3) is 11.8 Å². The van der Waals surface area contributed by atoms with Gasteiger partial charge in [-0.1, -0.05) is 25.5 Å². The molecule has 32 heavy (non-hydrogen) atoms. The fraction of sp³-hybridized carbons (Fsp3) is 0.458. The Hall–Kier alpha value is -3.29. The predicted octanol–water partition coefficient (Wildman–Crippen LogP) is 3.43. The molecule has 2 aromatic rings. The number of piperidine rings is 1. The summed E-state index contributed by atoms with van der Waals surface area (Å²) in [5.41, 5.74) is -0.399. The number of carbonyl (C=O) groups is 3. The molecule has 0 bridgehead atoms. The van der Waals surface area contributed by atoms with E-state index >= 15 is 0 Å². The molecule has 3 heterocycles. The van der Waals surface area contributed by atoms with Crippen LogP contribution in [-0.2, 0) is 11.3 Å². The van der Waals surface area contributed by atoms with E-state index in [0.29, 0.717) is 49.4 Å². The molecule has 8 nitrogen and oxygen atoms in total. The Bertz CT molecular complexity index is 981. The van der Waals surface area contributed by atoms with Crippen molar-refractivity contribution in [3.63, 3.8) is 0 Å². The van der Waals surface area contributed by atoms with Gasteiger partial charge in [0, 0.05) is 13.1 Å². The first-order valence-corrected chi connectivity index (χ1v) is 11.1. The van der Waals surface area contributed by atoms with Crippen molar-refractivity contribution < 1.29 is 23.5 Å². The monoisotopic (exact) mass is 439 g/mol. The number of ether oxygens (including phenoxy) is 1. The Morgan fingerprint density at radius 2 is 1.94 bits per heavy atom. The maximum Gasteiger partial charge on any atom is 0.325 e. The van der Waals surface area contributed by atoms with Crippen LogP contribution in [0, 0.1) is 5.92 Å². The summed E-state index contributed by atoms with van der Waals surface area (Å²) in [5.74, 6) is 0.802. The zero-order valence-electron chi connectivity index (χ0n) is 18.5. The summed E-state index contributed by atoms with van der Waals surface area (Å²) < 4.78 is 10.7. The first-order chi connectivity index (χ1) is 15.5. The van der Waals surface area contributed by atoms with Crippen LogP contribution in [0.1, 0.15) is 48.7 Å². The summed E-state index contributed by atoms with van der Waals surface area (Å²) in [7, 11) is 1.55. The molecule has 2 saturated heterocycles. The number of amides is 4. The van der Waals surface area contributed by atoms with Gasteiger partial charge in [-0.25, -0.2) is 4.79 Å². The summed E-state index contributed by atoms with van der Waals surface area (Å²) in [6.07, 6.45) is 4.14. The number of urea groups is 1. The van der Waals surface area contributed by atoms with Gasteiger partial charge in [-0.15, -0.1) is 0 Å². The number of hydrogen-bond donors (Lipinski definition) is 1. The highest BCUT2D eigenvalue weighted by atomic mass is 16.5. The van der Waals surface area contributed by atoms with Gasteiger partial charge in [-0.2, -0.15) is 0 Å². The lowest BCUT2D eigenvalue weighted by Gasteiger charge is -2.41. The molecular weight excluding hydrogens is 410 g/mol. The second-order valence-corrected chi connectivity index (χ2v) is 8.39. The lowest BCUT2D eigenvalue weighted by molar-refractivity contribution is -0.134. The average Bonchev–Trinajstić information content (AvgIpc) is 3.42. The van der Waals surface area contributed by atoms with Gasteiger partial charge in [0.2, 0.25) is 0 Å². The first kappa shape index (κ1) is 21.9. The fourth-order valence-electron chi connectivity index (χ4n) is 4.96. The Morgan fingerprint density at radius 3 is 2.59 bits per heavy atom. The van der Waals surface area contributed by atoms with Crippen molar-refractivity contribution in [2.75, 3.05) is 20.2 Å². The zero-order valence-corrected chi connectivity index (χ0v) is 18.5. The summed E-state index contributed by atoms with van der Waals surface area (Å²) >= 11 is 0. The summed E-state index contributed by atoms with van der Waals surface area (Å²) in [5, 5.41) is 3.02. The topological polar surface area (TPSA) is 92.1 Å². The van der Waals surface area contributed by atoms with E-state index in [2.05, 4.69) is 5.32 Å². The van der Waals surface area contributed by atoms with Crippen LogP contribution in [0.4, 0.5) is 4.79 Å². The number of para-hydroxylation sites is 1. The molecule has 4 rings (SSSR count). The lowest BCUT2D eigenvalue weighted by atomic mass is 9.74. The molecule has 0 radical (unpaired) electrons. The fourth-order valence-corrected chi connectivity index (χ4v) is 4.96. The van der Waals surface area contributed by atoms with Crippen molar-refractivity contribution in [2.24, 2.45) is 5.92 Å². The smallest absolute Gasteiger partial charge is 0.325 e. The van der Waals surface area contributed by atoms with Crippen LogP contribution >= 0.6 is 0 Å². The third-order valence-corrected chi connectivity index (χ3v) is 6.56. The molecule has 8 heteroatoms. The minimum atomic E-state index is -0.933. The van der Waals surface area contributed by atoms with Crippen LogP contribution in [0.2, 0.25) is 0 Å². The standard InChI is InChI=1S/C24H29N3O5/c1-3-12-24(22(29)27(23(30)25-24)16-18-7-6-15-32-18)17-10-13-26(14-11-17)21(28)19-8-4-5-9-20(19)31-2/h4-9,15,17H,3,10-14,16H2,1-2H3,(H,25,30)/t24-/m0/s1. The molecule has 2 fully saturated rings. The minimum Gasteiger partial charge on any atom is -0.496 e. The highest BCUT2D eigenvalue weighted by Crippen LogP contribution is 2.38. The van der Waals surface area contributed by atoms with E-state index in [4.69, 9.17) is 9.15 Å². The Balaban J connectivity index is 1.48. The van der Waals surface area contributed by atoms with Crippen LogP contribution in [0.3, 0.4) is 0 Å². The molecule has 0 spiro atoms. The summed E-state index contributed by atoms with van der Waals surface area (Å²) in [6.45, 7) is 3.17. The van der Waals surface area contributed by atoms with Crippen LogP contribution in [0.15, 0.2) is 47.1 Å². The number of nitrogens with zero attached hydrogens (tertiary/aromatic N) is 2. The highest BCUT2D eigenvalue weighted by molar-refractivity contribution is 6.07. The third-order valence-electron chi connectivity index (χ3n) is 6.56. The van der Waals surface area contributed by atoms with Gasteiger partial charge in [-0.3, -0.25) is 14.5 Å². The average molecular weight is 440 g/mol. The molecule has 2 aliphatic heterocycles. The van der Waals surface area contributed by atoms with E-state index in [1.54, 1.807) is 36.3 Å². The number of imide groups is 1. The van der Waals surface area contributed by atoms with Crippen molar-refractivity contribution in [1.82, 2.24) is 15.1 Å². The Labute approximate surface area is 187 Å². The van der Waals surface area contributed by atoms with Crippen molar-refractivity contribution in [1.29, 1.82) is 0 Å². The summed E-state index contributed by atoms with van der Waals surface area (Å²) in [6, 6.07) is 10.3. The number of likely N-dealkylation sites (tertiary alicyclic amines) is 1. The van der Waals surface area contributed by atoms with E-state index in [0.717, 1.165) is 6.42 Å². The van der Waals surface area contributed by atoms with E-state index < -0.39 is 5.54 Å². The number of carbonyl (C=O) groups excluding carboxylic acids is 3. The van der Waals surface area contributed by atoms with E-state index in [9.17, 15) is 14.4 Å². The molecule has 0 unspecified atom stereocenters. The van der Waals surface area contributed by atoms with Gasteiger partial charge >= 0.3 is 6.03 Å². The van der Waals surface area contributed by atoms with E-state index in [1.807, 2.05) is 19.1 Å². The van der Waals surface area contributed by atoms with Gasteiger partial charge in [0.1, 0.15) is 17.0 Å². The second kappa shape index (κ2) is 9.06. The molecule has 0 aliphatic carbocycles. The SMILES string of the molecule is CCC[C@@]1(C2CCN(C(=O)c3ccccc3OC)CC2)NC(=O)N(Cc2ccco2)C1=O. The van der Waals surface area contributed by atoms with E-state index in [-0.39, 0.29) is 30.3 Å². The maximum absolute atomic E-state index is 13.5. The molecule has 4 amide bonds. The predicted molar refractivity (Wildman–Crippen MR) is 117 cm³/mol. The number of nitrogens with one attached hydrogen (secondary N) is 1. The van der Waals surface area contributed by atoms with Crippen LogP contribution < -0.4 is 10.1 Å². The number of rotatable bonds is 7. The first-order valence-electron chi connectivity index (χ1n) is 11.1. The zero-order chi connectivity index (χ0) is 22.7. The molecule has 0 saturated carbocycles. The van der Waals surface area contributed by atoms with E-state index in [1.165, 1.54) is 11.2 Å². The highest BCUT2D eigenvalue weighted by Gasteiger charge is 2.55. The molecule has 2 aliphatic rings. The third kappa shape index (κ3) is 3.85. The second-order valence-electron chi connectivity index (χ2n) is 8.39. The number of methoxy groups -OCH3 is 1.